The van der Waals surface area contributed by atoms with E-state index in [1.165, 1.54) is 49.7 Å². The maximum absolute atomic E-state index is 5.36. The van der Waals surface area contributed by atoms with Gasteiger partial charge >= 0.3 is 0 Å². The van der Waals surface area contributed by atoms with E-state index in [9.17, 15) is 0 Å². The molecule has 0 aliphatic carbocycles. The molecule has 0 saturated heterocycles. The van der Waals surface area contributed by atoms with Crippen LogP contribution in [0.15, 0.2) is 140 Å². The van der Waals surface area contributed by atoms with Gasteiger partial charge in [-0.2, -0.15) is 0 Å². The third kappa shape index (κ3) is 3.39. The Morgan fingerprint density at radius 2 is 1.19 bits per heavy atom. The van der Waals surface area contributed by atoms with Gasteiger partial charge in [-0.1, -0.05) is 117 Å². The van der Waals surface area contributed by atoms with Crippen molar-refractivity contribution in [1.29, 1.82) is 0 Å². The first kappa shape index (κ1) is 24.2. The molecule has 0 radical (unpaired) electrons. The van der Waals surface area contributed by atoms with E-state index in [0.29, 0.717) is 0 Å². The molecule has 0 unspecified atom stereocenters. The normalized spacial score (nSPS) is 13.5. The summed E-state index contributed by atoms with van der Waals surface area (Å²) in [4.78, 5) is 5.36. The molecule has 0 bridgehead atoms. The molecule has 0 amide bonds. The molecule has 1 aliphatic heterocycles. The lowest BCUT2D eigenvalue weighted by Crippen LogP contribution is -2.14. The summed E-state index contributed by atoms with van der Waals surface area (Å²) in [5.41, 5.74) is 11.9. The zero-order valence-corrected chi connectivity index (χ0v) is 24.1. The van der Waals surface area contributed by atoms with E-state index >= 15 is 0 Å². The molecule has 1 aliphatic rings. The molecule has 0 atom stereocenters. The largest absolute Gasteiger partial charge is 0.312 e. The van der Waals surface area contributed by atoms with Crippen LogP contribution >= 0.6 is 0 Å². The Hall–Kier alpha value is -5.41. The Labute approximate surface area is 250 Å². The van der Waals surface area contributed by atoms with Crippen molar-refractivity contribution >= 4 is 32.7 Å². The highest BCUT2D eigenvalue weighted by Crippen LogP contribution is 2.48. The highest BCUT2D eigenvalue weighted by molar-refractivity contribution is 6.18. The van der Waals surface area contributed by atoms with E-state index < -0.39 is 0 Å². The van der Waals surface area contributed by atoms with Gasteiger partial charge in [0.2, 0.25) is 0 Å². The predicted octanol–water partition coefficient (Wildman–Crippen LogP) is 10.1. The van der Waals surface area contributed by atoms with Crippen LogP contribution in [-0.2, 0) is 5.41 Å². The van der Waals surface area contributed by atoms with Crippen LogP contribution < -0.4 is 0 Å². The van der Waals surface area contributed by atoms with Crippen LogP contribution in [0.5, 0.6) is 0 Å². The van der Waals surface area contributed by atoms with Crippen LogP contribution in [0.3, 0.4) is 0 Å². The second-order valence-corrected chi connectivity index (χ2v) is 12.1. The standard InChI is InChI=1S/C40H29N3/c1-40(2)32-18-10-12-20-36(32)42-35-22-21-30-29-17-9-11-19-34(29)43(39(30)31(35)25-37(40)42)38-24-28(26-13-5-3-6-14-26)23-33(41-38)27-15-7-4-8-16-27/h3-25H,1-2H3. The van der Waals surface area contributed by atoms with Gasteiger partial charge in [-0.25, -0.2) is 4.98 Å². The lowest BCUT2D eigenvalue weighted by molar-refractivity contribution is 0.645. The summed E-state index contributed by atoms with van der Waals surface area (Å²) in [6.45, 7) is 4.68. The predicted molar refractivity (Wildman–Crippen MR) is 178 cm³/mol. The lowest BCUT2D eigenvalue weighted by Gasteiger charge is -2.18. The molecule has 5 aromatic carbocycles. The first-order valence-electron chi connectivity index (χ1n) is 14.9. The Kier molecular flexibility index (Phi) is 4.95. The molecule has 8 aromatic rings. The van der Waals surface area contributed by atoms with Gasteiger partial charge < -0.3 is 4.57 Å². The number of para-hydroxylation sites is 2. The molecule has 0 N–H and O–H groups in total. The van der Waals surface area contributed by atoms with Gasteiger partial charge in [0, 0.05) is 38.5 Å². The zero-order chi connectivity index (χ0) is 28.7. The van der Waals surface area contributed by atoms with Crippen LogP contribution in [0.2, 0.25) is 0 Å². The maximum Gasteiger partial charge on any atom is 0.138 e. The van der Waals surface area contributed by atoms with Crippen LogP contribution in [0, 0.1) is 0 Å². The third-order valence-corrected chi connectivity index (χ3v) is 9.29. The zero-order valence-electron chi connectivity index (χ0n) is 24.1. The highest BCUT2D eigenvalue weighted by Gasteiger charge is 2.37. The molecule has 43 heavy (non-hydrogen) atoms. The van der Waals surface area contributed by atoms with Gasteiger partial charge in [0.15, 0.2) is 0 Å². The summed E-state index contributed by atoms with van der Waals surface area (Å²) in [7, 11) is 0. The number of hydrogen-bond acceptors (Lipinski definition) is 1. The van der Waals surface area contributed by atoms with E-state index in [1.807, 2.05) is 0 Å². The second kappa shape index (κ2) is 8.80. The first-order chi connectivity index (χ1) is 21.1. The Balaban J connectivity index is 1.41. The summed E-state index contributed by atoms with van der Waals surface area (Å²) >= 11 is 0. The van der Waals surface area contributed by atoms with Crippen molar-refractivity contribution in [3.8, 4) is 33.9 Å². The third-order valence-electron chi connectivity index (χ3n) is 9.29. The number of pyridine rings is 1. The topological polar surface area (TPSA) is 22.8 Å². The van der Waals surface area contributed by atoms with Crippen LogP contribution in [0.25, 0.3) is 66.6 Å². The Morgan fingerprint density at radius 1 is 0.512 bits per heavy atom. The molecule has 0 fully saturated rings. The average Bonchev–Trinajstić information content (AvgIpc) is 3.69. The fourth-order valence-electron chi connectivity index (χ4n) is 7.22. The fraction of sp³-hybridized carbons (Fsp3) is 0.0750. The van der Waals surface area contributed by atoms with Crippen molar-refractivity contribution in [3.05, 3.63) is 151 Å². The molecule has 3 heteroatoms. The SMILES string of the molecule is CC1(C)c2ccccc2-n2c1cc1c2ccc2c3ccccc3n(-c3cc(-c4ccccc4)cc(-c4ccccc4)n3)c21. The van der Waals surface area contributed by atoms with E-state index in [0.717, 1.165) is 28.2 Å². The minimum atomic E-state index is -0.0925. The highest BCUT2D eigenvalue weighted by atomic mass is 15.1. The summed E-state index contributed by atoms with van der Waals surface area (Å²) in [6.07, 6.45) is 0. The van der Waals surface area contributed by atoms with Crippen LogP contribution in [-0.4, -0.2) is 14.1 Å². The lowest BCUT2D eigenvalue weighted by atomic mass is 9.83. The van der Waals surface area contributed by atoms with Gasteiger partial charge in [-0.15, -0.1) is 0 Å². The van der Waals surface area contributed by atoms with Crippen molar-refractivity contribution < 1.29 is 0 Å². The van der Waals surface area contributed by atoms with E-state index in [4.69, 9.17) is 4.98 Å². The summed E-state index contributed by atoms with van der Waals surface area (Å²) in [5.74, 6) is 0.921. The molecule has 3 nitrogen and oxygen atoms in total. The summed E-state index contributed by atoms with van der Waals surface area (Å²) in [5, 5.41) is 3.73. The molecule has 0 saturated carbocycles. The van der Waals surface area contributed by atoms with Crippen molar-refractivity contribution in [2.75, 3.05) is 0 Å². The van der Waals surface area contributed by atoms with Crippen molar-refractivity contribution in [2.45, 2.75) is 19.3 Å². The number of rotatable bonds is 3. The number of aromatic nitrogens is 3. The van der Waals surface area contributed by atoms with Gasteiger partial charge in [-0.05, 0) is 53.1 Å². The molecule has 0 spiro atoms. The Morgan fingerprint density at radius 3 is 2.00 bits per heavy atom. The molecular formula is C40H29N3. The number of fused-ring (bicyclic) bond motifs is 9. The minimum absolute atomic E-state index is 0.0925. The molecule has 9 rings (SSSR count). The molecule has 4 heterocycles. The van der Waals surface area contributed by atoms with Gasteiger partial charge in [0.1, 0.15) is 5.82 Å². The molecular weight excluding hydrogens is 522 g/mol. The van der Waals surface area contributed by atoms with Gasteiger partial charge in [-0.3, -0.25) is 4.57 Å². The average molecular weight is 552 g/mol. The monoisotopic (exact) mass is 551 g/mol. The van der Waals surface area contributed by atoms with Crippen LogP contribution in [0.4, 0.5) is 0 Å². The van der Waals surface area contributed by atoms with E-state index in [2.05, 4.69) is 163 Å². The number of hydrogen-bond donors (Lipinski definition) is 0. The van der Waals surface area contributed by atoms with E-state index in [-0.39, 0.29) is 5.41 Å². The Bertz CT molecular complexity index is 2300. The molecule has 204 valence electrons. The smallest absolute Gasteiger partial charge is 0.138 e. The van der Waals surface area contributed by atoms with Crippen molar-refractivity contribution in [3.63, 3.8) is 0 Å². The second-order valence-electron chi connectivity index (χ2n) is 12.1. The fourth-order valence-corrected chi connectivity index (χ4v) is 7.22. The van der Waals surface area contributed by atoms with Gasteiger partial charge in [0.25, 0.3) is 0 Å². The maximum atomic E-state index is 5.36. The van der Waals surface area contributed by atoms with E-state index in [1.54, 1.807) is 0 Å². The minimum Gasteiger partial charge on any atom is -0.312 e. The quantitative estimate of drug-likeness (QED) is 0.214. The van der Waals surface area contributed by atoms with Crippen molar-refractivity contribution in [2.24, 2.45) is 0 Å². The van der Waals surface area contributed by atoms with Gasteiger partial charge in [0.05, 0.1) is 22.2 Å². The molecule has 3 aromatic heterocycles. The van der Waals surface area contributed by atoms with Crippen molar-refractivity contribution in [1.82, 2.24) is 14.1 Å². The first-order valence-corrected chi connectivity index (χ1v) is 14.9. The number of benzene rings is 5. The number of nitrogens with zero attached hydrogens (tertiary/aromatic N) is 3. The van der Waals surface area contributed by atoms with Crippen LogP contribution in [0.1, 0.15) is 25.1 Å². The summed E-state index contributed by atoms with van der Waals surface area (Å²) in [6, 6.07) is 50.2. The summed E-state index contributed by atoms with van der Waals surface area (Å²) < 4.78 is 4.86.